The molecule has 0 radical (unpaired) electrons. The van der Waals surface area contributed by atoms with Crippen LogP contribution in [0.2, 0.25) is 5.02 Å². The minimum Gasteiger partial charge on any atom is -0.354 e. The first-order valence-electron chi connectivity index (χ1n) is 12.4. The molecule has 2 rings (SSSR count). The highest BCUT2D eigenvalue weighted by molar-refractivity contribution is 7.92. The predicted octanol–water partition coefficient (Wildman–Crippen LogP) is 4.78. The van der Waals surface area contributed by atoms with Gasteiger partial charge in [0.2, 0.25) is 21.8 Å². The molecule has 0 saturated heterocycles. The summed E-state index contributed by atoms with van der Waals surface area (Å²) in [5.41, 5.74) is 2.55. The number of rotatable bonds is 14. The first-order valence-corrected chi connectivity index (χ1v) is 14.7. The number of carbonyl (C=O) groups is 2. The summed E-state index contributed by atoms with van der Waals surface area (Å²) >= 11 is 6.00. The van der Waals surface area contributed by atoms with Gasteiger partial charge in [-0.25, -0.2) is 8.42 Å². The summed E-state index contributed by atoms with van der Waals surface area (Å²) in [6.45, 7) is 6.78. The van der Waals surface area contributed by atoms with Gasteiger partial charge in [0, 0.05) is 31.1 Å². The van der Waals surface area contributed by atoms with E-state index >= 15 is 0 Å². The number of carbonyl (C=O) groups excluding carboxylic acids is 2. The van der Waals surface area contributed by atoms with Crippen molar-refractivity contribution in [3.63, 3.8) is 0 Å². The Morgan fingerprint density at radius 3 is 2.14 bits per heavy atom. The largest absolute Gasteiger partial charge is 0.354 e. The number of sulfonamides is 1. The molecule has 0 aromatic heterocycles. The van der Waals surface area contributed by atoms with E-state index in [2.05, 4.69) is 5.32 Å². The van der Waals surface area contributed by atoms with Crippen molar-refractivity contribution in [2.24, 2.45) is 0 Å². The molecular formula is C27H38ClN3O4S. The molecular weight excluding hydrogens is 498 g/mol. The van der Waals surface area contributed by atoms with Crippen LogP contribution in [-0.2, 0) is 32.6 Å². The highest BCUT2D eigenvalue weighted by atomic mass is 35.5. The Kier molecular flexibility index (Phi) is 11.7. The second kappa shape index (κ2) is 14.2. The van der Waals surface area contributed by atoms with Crippen LogP contribution in [0.5, 0.6) is 0 Å². The molecule has 0 fully saturated rings. The van der Waals surface area contributed by atoms with Gasteiger partial charge in [-0.15, -0.1) is 0 Å². The van der Waals surface area contributed by atoms with E-state index in [9.17, 15) is 18.0 Å². The zero-order valence-corrected chi connectivity index (χ0v) is 23.2. The van der Waals surface area contributed by atoms with Crippen molar-refractivity contribution in [1.82, 2.24) is 10.2 Å². The molecule has 0 aliphatic rings. The zero-order valence-electron chi connectivity index (χ0n) is 21.7. The average Bonchev–Trinajstić information content (AvgIpc) is 2.85. The molecule has 0 spiro atoms. The monoisotopic (exact) mass is 535 g/mol. The topological polar surface area (TPSA) is 86.8 Å². The van der Waals surface area contributed by atoms with Crippen molar-refractivity contribution in [1.29, 1.82) is 0 Å². The summed E-state index contributed by atoms with van der Waals surface area (Å²) in [5.74, 6) is -0.419. The summed E-state index contributed by atoms with van der Waals surface area (Å²) in [6.07, 6.45) is 4.28. The minimum atomic E-state index is -3.52. The molecule has 1 N–H and O–H groups in total. The van der Waals surface area contributed by atoms with Gasteiger partial charge >= 0.3 is 0 Å². The number of nitrogens with zero attached hydrogens (tertiary/aromatic N) is 2. The number of anilines is 1. The van der Waals surface area contributed by atoms with E-state index in [1.165, 1.54) is 4.31 Å². The zero-order chi connectivity index (χ0) is 26.7. The van der Waals surface area contributed by atoms with E-state index in [1.807, 2.05) is 38.1 Å². The highest BCUT2D eigenvalue weighted by Gasteiger charge is 2.26. The number of hydrogen-bond acceptors (Lipinski definition) is 4. The first-order chi connectivity index (χ1) is 17.1. The lowest BCUT2D eigenvalue weighted by molar-refractivity contribution is -0.140. The number of hydrogen-bond donors (Lipinski definition) is 1. The van der Waals surface area contributed by atoms with Crippen LogP contribution in [0.1, 0.15) is 57.6 Å². The second-order valence-corrected chi connectivity index (χ2v) is 11.3. The van der Waals surface area contributed by atoms with Gasteiger partial charge in [0.15, 0.2) is 0 Å². The van der Waals surface area contributed by atoms with E-state index in [1.54, 1.807) is 36.1 Å². The Balaban J connectivity index is 2.13. The van der Waals surface area contributed by atoms with Crippen molar-refractivity contribution < 1.29 is 18.0 Å². The van der Waals surface area contributed by atoms with Gasteiger partial charge < -0.3 is 10.2 Å². The maximum absolute atomic E-state index is 13.3. The van der Waals surface area contributed by atoms with Crippen LogP contribution in [0.15, 0.2) is 48.5 Å². The molecule has 7 nitrogen and oxygen atoms in total. The number of aryl methyl sites for hydroxylation is 1. The van der Waals surface area contributed by atoms with Crippen LogP contribution in [0, 0.1) is 0 Å². The Bertz CT molecular complexity index is 1090. The number of amides is 2. The molecule has 2 amide bonds. The number of unbranched alkanes of at least 4 members (excludes halogenated alkanes) is 1. The molecule has 0 aliphatic carbocycles. The summed E-state index contributed by atoms with van der Waals surface area (Å²) in [4.78, 5) is 27.6. The Labute approximate surface area is 220 Å². The summed E-state index contributed by atoms with van der Waals surface area (Å²) < 4.78 is 26.2. The highest BCUT2D eigenvalue weighted by Crippen LogP contribution is 2.20. The van der Waals surface area contributed by atoms with Gasteiger partial charge in [-0.2, -0.15) is 0 Å². The lowest BCUT2D eigenvalue weighted by Crippen LogP contribution is -2.47. The quantitative estimate of drug-likeness (QED) is 0.353. The fourth-order valence-corrected chi connectivity index (χ4v) is 4.90. The van der Waals surface area contributed by atoms with Gasteiger partial charge in [-0.3, -0.25) is 13.9 Å². The van der Waals surface area contributed by atoms with Crippen LogP contribution in [0.4, 0.5) is 5.69 Å². The SMILES string of the molecule is CCCCNC(=O)C(C)N(Cc1ccc(Cl)cc1)C(=O)CCCN(c1ccc(CC)cc1)S(C)(=O)=O. The van der Waals surface area contributed by atoms with Gasteiger partial charge in [0.1, 0.15) is 6.04 Å². The van der Waals surface area contributed by atoms with Crippen molar-refractivity contribution in [3.8, 4) is 0 Å². The average molecular weight is 536 g/mol. The molecule has 0 aliphatic heterocycles. The molecule has 36 heavy (non-hydrogen) atoms. The standard InChI is InChI=1S/C27H38ClN3O4S/c1-5-7-18-29-27(33)21(3)30(20-23-10-14-24(28)15-11-23)26(32)9-8-19-31(36(4,34)35)25-16-12-22(6-2)13-17-25/h10-17,21H,5-9,18-20H2,1-4H3,(H,29,33). The lowest BCUT2D eigenvalue weighted by atomic mass is 10.1. The van der Waals surface area contributed by atoms with Crippen LogP contribution < -0.4 is 9.62 Å². The smallest absolute Gasteiger partial charge is 0.242 e. The molecule has 1 unspecified atom stereocenters. The summed E-state index contributed by atoms with van der Waals surface area (Å²) in [5, 5.41) is 3.49. The van der Waals surface area contributed by atoms with Crippen LogP contribution in [0.3, 0.4) is 0 Å². The first kappa shape index (κ1) is 29.6. The number of benzene rings is 2. The molecule has 0 bridgehead atoms. The second-order valence-electron chi connectivity index (χ2n) is 8.93. The van der Waals surface area contributed by atoms with Crippen molar-refractivity contribution in [2.45, 2.75) is 65.5 Å². The molecule has 198 valence electrons. The third-order valence-corrected chi connectivity index (χ3v) is 7.49. The van der Waals surface area contributed by atoms with Crippen LogP contribution >= 0.6 is 11.6 Å². The van der Waals surface area contributed by atoms with E-state index in [-0.39, 0.29) is 31.3 Å². The molecule has 9 heteroatoms. The van der Waals surface area contributed by atoms with E-state index in [0.29, 0.717) is 23.7 Å². The van der Waals surface area contributed by atoms with E-state index in [0.717, 1.165) is 36.6 Å². The van der Waals surface area contributed by atoms with Crippen molar-refractivity contribution in [2.75, 3.05) is 23.7 Å². The number of nitrogens with one attached hydrogen (secondary N) is 1. The summed E-state index contributed by atoms with van der Waals surface area (Å²) in [6, 6.07) is 13.9. The normalized spacial score (nSPS) is 12.1. The fourth-order valence-electron chi connectivity index (χ4n) is 3.81. The molecule has 1 atom stereocenters. The van der Waals surface area contributed by atoms with Gasteiger partial charge in [-0.1, -0.05) is 56.1 Å². The number of halogens is 1. The van der Waals surface area contributed by atoms with Gasteiger partial charge in [0.25, 0.3) is 0 Å². The van der Waals surface area contributed by atoms with Crippen molar-refractivity contribution in [3.05, 3.63) is 64.7 Å². The molecule has 0 heterocycles. The molecule has 2 aromatic carbocycles. The van der Waals surface area contributed by atoms with Crippen LogP contribution in [-0.4, -0.2) is 50.5 Å². The van der Waals surface area contributed by atoms with Crippen LogP contribution in [0.25, 0.3) is 0 Å². The predicted molar refractivity (Wildman–Crippen MR) is 147 cm³/mol. The van der Waals surface area contributed by atoms with Crippen molar-refractivity contribution >= 4 is 39.1 Å². The Morgan fingerprint density at radius 1 is 0.972 bits per heavy atom. The third kappa shape index (κ3) is 9.13. The lowest BCUT2D eigenvalue weighted by Gasteiger charge is -2.29. The third-order valence-electron chi connectivity index (χ3n) is 6.05. The van der Waals surface area contributed by atoms with E-state index < -0.39 is 16.1 Å². The molecule has 0 saturated carbocycles. The Hall–Kier alpha value is -2.58. The molecule has 2 aromatic rings. The Morgan fingerprint density at radius 2 is 1.58 bits per heavy atom. The minimum absolute atomic E-state index is 0.110. The van der Waals surface area contributed by atoms with E-state index in [4.69, 9.17) is 11.6 Å². The van der Waals surface area contributed by atoms with Gasteiger partial charge in [0.05, 0.1) is 11.9 Å². The summed E-state index contributed by atoms with van der Waals surface area (Å²) in [7, 11) is -3.52. The maximum atomic E-state index is 13.3. The fraction of sp³-hybridized carbons (Fsp3) is 0.481. The van der Waals surface area contributed by atoms with Gasteiger partial charge in [-0.05, 0) is 61.6 Å². The maximum Gasteiger partial charge on any atom is 0.242 e.